The maximum atomic E-state index is 12.4. The zero-order valence-corrected chi connectivity index (χ0v) is 20.0. The minimum Gasteiger partial charge on any atom is -0.478 e. The molecule has 0 saturated heterocycles. The number of nitrogens with one attached hydrogen (secondary N) is 1. The molecule has 34 heavy (non-hydrogen) atoms. The van der Waals surface area contributed by atoms with Crippen molar-refractivity contribution in [2.75, 3.05) is 5.75 Å². The molecule has 0 unspecified atom stereocenters. The van der Waals surface area contributed by atoms with Crippen LogP contribution >= 0.6 is 27.7 Å². The number of thioether (sulfide) groups is 1. The van der Waals surface area contributed by atoms with E-state index < -0.39 is 5.97 Å². The summed E-state index contributed by atoms with van der Waals surface area (Å²) in [4.78, 5) is 23.6. The molecule has 10 heteroatoms. The number of aromatic nitrogens is 3. The first-order valence-electron chi connectivity index (χ1n) is 10.1. The molecule has 0 saturated carbocycles. The maximum absolute atomic E-state index is 12.4. The molecule has 0 aliphatic heterocycles. The van der Waals surface area contributed by atoms with E-state index >= 15 is 0 Å². The smallest absolute Gasteiger partial charge is 0.336 e. The molecule has 4 rings (SSSR count). The number of hydrogen-bond acceptors (Lipinski definition) is 6. The highest BCUT2D eigenvalue weighted by Gasteiger charge is 2.17. The van der Waals surface area contributed by atoms with E-state index in [0.29, 0.717) is 16.5 Å². The quantitative estimate of drug-likeness (QED) is 0.193. The van der Waals surface area contributed by atoms with Crippen molar-refractivity contribution in [1.82, 2.24) is 20.2 Å². The standard InChI is InChI=1S/C24H18BrN5O3S/c25-18-10-12-19(13-11-18)30-22(16-6-2-1-3-7-16)28-29-24(30)34-15-21(31)27-26-14-17-8-4-5-9-20(17)23(32)33/h1-14H,15H2,(H,27,31)(H,32,33)/b26-14-. The van der Waals surface area contributed by atoms with Crippen molar-refractivity contribution < 1.29 is 14.7 Å². The van der Waals surface area contributed by atoms with Gasteiger partial charge in [0.15, 0.2) is 11.0 Å². The Bertz CT molecular complexity index is 1340. The van der Waals surface area contributed by atoms with Gasteiger partial charge in [-0.2, -0.15) is 5.10 Å². The first kappa shape index (κ1) is 23.4. The average molecular weight is 536 g/mol. The van der Waals surface area contributed by atoms with Crippen LogP contribution in [0, 0.1) is 0 Å². The van der Waals surface area contributed by atoms with Gasteiger partial charge in [0.05, 0.1) is 17.5 Å². The lowest BCUT2D eigenvalue weighted by atomic mass is 10.1. The minimum atomic E-state index is -1.06. The Balaban J connectivity index is 1.50. The molecular formula is C24H18BrN5O3S. The number of carboxylic acids is 1. The fourth-order valence-corrected chi connectivity index (χ4v) is 4.11. The summed E-state index contributed by atoms with van der Waals surface area (Å²) < 4.78 is 2.84. The molecule has 0 fully saturated rings. The molecule has 2 N–H and O–H groups in total. The number of carboxylic acid groups (broad SMARTS) is 1. The van der Waals surface area contributed by atoms with Gasteiger partial charge in [-0.15, -0.1) is 10.2 Å². The zero-order valence-electron chi connectivity index (χ0n) is 17.6. The first-order chi connectivity index (χ1) is 16.5. The molecule has 3 aromatic carbocycles. The summed E-state index contributed by atoms with van der Waals surface area (Å²) in [5.74, 6) is -0.721. The van der Waals surface area contributed by atoms with Crippen LogP contribution in [0.1, 0.15) is 15.9 Å². The van der Waals surface area contributed by atoms with Gasteiger partial charge in [0, 0.05) is 21.3 Å². The maximum Gasteiger partial charge on any atom is 0.336 e. The highest BCUT2D eigenvalue weighted by atomic mass is 79.9. The molecule has 0 radical (unpaired) electrons. The van der Waals surface area contributed by atoms with Crippen LogP contribution in [0.3, 0.4) is 0 Å². The average Bonchev–Trinajstić information content (AvgIpc) is 3.28. The summed E-state index contributed by atoms with van der Waals surface area (Å²) in [5, 5.41) is 22.3. The molecule has 0 atom stereocenters. The number of carbonyl (C=O) groups excluding carboxylic acids is 1. The topological polar surface area (TPSA) is 109 Å². The summed E-state index contributed by atoms with van der Waals surface area (Å²) in [7, 11) is 0. The number of carbonyl (C=O) groups is 2. The van der Waals surface area contributed by atoms with Crippen molar-refractivity contribution >= 4 is 45.8 Å². The summed E-state index contributed by atoms with van der Waals surface area (Å²) >= 11 is 4.67. The third-order valence-corrected chi connectivity index (χ3v) is 6.12. The molecular weight excluding hydrogens is 518 g/mol. The summed E-state index contributed by atoms with van der Waals surface area (Å²) in [6.45, 7) is 0. The van der Waals surface area contributed by atoms with Gasteiger partial charge in [-0.25, -0.2) is 10.2 Å². The van der Waals surface area contributed by atoms with Crippen LogP contribution in [-0.4, -0.2) is 43.7 Å². The van der Waals surface area contributed by atoms with Gasteiger partial charge in [-0.1, -0.05) is 76.2 Å². The van der Waals surface area contributed by atoms with Crippen LogP contribution < -0.4 is 5.43 Å². The Morgan fingerprint density at radius 2 is 1.71 bits per heavy atom. The van der Waals surface area contributed by atoms with Crippen molar-refractivity contribution in [2.45, 2.75) is 5.16 Å². The number of hydrogen-bond donors (Lipinski definition) is 2. The lowest BCUT2D eigenvalue weighted by Gasteiger charge is -2.10. The first-order valence-corrected chi connectivity index (χ1v) is 11.8. The summed E-state index contributed by atoms with van der Waals surface area (Å²) in [5.41, 5.74) is 4.68. The van der Waals surface area contributed by atoms with Gasteiger partial charge < -0.3 is 5.11 Å². The van der Waals surface area contributed by atoms with E-state index in [1.54, 1.807) is 18.2 Å². The lowest BCUT2D eigenvalue weighted by molar-refractivity contribution is -0.118. The highest BCUT2D eigenvalue weighted by molar-refractivity contribution is 9.10. The minimum absolute atomic E-state index is 0.0430. The molecule has 1 heterocycles. The lowest BCUT2D eigenvalue weighted by Crippen LogP contribution is -2.20. The monoisotopic (exact) mass is 535 g/mol. The summed E-state index contributed by atoms with van der Waals surface area (Å²) in [6.07, 6.45) is 1.31. The van der Waals surface area contributed by atoms with Crippen LogP contribution in [0.2, 0.25) is 0 Å². The van der Waals surface area contributed by atoms with Gasteiger partial charge in [0.1, 0.15) is 0 Å². The van der Waals surface area contributed by atoms with E-state index in [0.717, 1.165) is 15.7 Å². The van der Waals surface area contributed by atoms with Gasteiger partial charge in [0.25, 0.3) is 5.91 Å². The van der Waals surface area contributed by atoms with E-state index in [1.807, 2.05) is 59.2 Å². The van der Waals surface area contributed by atoms with Crippen molar-refractivity contribution in [2.24, 2.45) is 5.10 Å². The molecule has 4 aromatic rings. The fourth-order valence-electron chi connectivity index (χ4n) is 3.10. The van der Waals surface area contributed by atoms with Crippen LogP contribution in [0.15, 0.2) is 93.6 Å². The van der Waals surface area contributed by atoms with Crippen molar-refractivity contribution in [1.29, 1.82) is 0 Å². The Labute approximate surface area is 207 Å². The zero-order chi connectivity index (χ0) is 23.9. The Hall–Kier alpha value is -3.76. The number of hydrazone groups is 1. The molecule has 0 aliphatic carbocycles. The Morgan fingerprint density at radius 1 is 1.00 bits per heavy atom. The number of nitrogens with zero attached hydrogens (tertiary/aromatic N) is 4. The van der Waals surface area contributed by atoms with Crippen molar-refractivity contribution in [3.05, 3.63) is 94.5 Å². The van der Waals surface area contributed by atoms with Crippen molar-refractivity contribution in [3.63, 3.8) is 0 Å². The molecule has 0 bridgehead atoms. The van der Waals surface area contributed by atoms with E-state index in [2.05, 4.69) is 36.7 Å². The number of amides is 1. The van der Waals surface area contributed by atoms with Gasteiger partial charge in [-0.3, -0.25) is 9.36 Å². The van der Waals surface area contributed by atoms with Crippen molar-refractivity contribution in [3.8, 4) is 17.1 Å². The van der Waals surface area contributed by atoms with E-state index in [9.17, 15) is 14.7 Å². The SMILES string of the molecule is O=C(CSc1nnc(-c2ccccc2)n1-c1ccc(Br)cc1)N/N=C\c1ccccc1C(=O)O. The number of rotatable bonds is 8. The summed E-state index contributed by atoms with van der Waals surface area (Å²) in [6, 6.07) is 23.8. The van der Waals surface area contributed by atoms with E-state index in [4.69, 9.17) is 0 Å². The third-order valence-electron chi connectivity index (χ3n) is 4.67. The molecule has 0 aliphatic rings. The number of benzene rings is 3. The predicted molar refractivity (Wildman–Crippen MR) is 134 cm³/mol. The third kappa shape index (κ3) is 5.59. The Kier molecular flexibility index (Phi) is 7.51. The van der Waals surface area contributed by atoms with E-state index in [-0.39, 0.29) is 17.2 Å². The molecule has 1 amide bonds. The molecule has 170 valence electrons. The number of halogens is 1. The number of aromatic carboxylic acids is 1. The van der Waals surface area contributed by atoms with Crippen LogP contribution in [-0.2, 0) is 4.79 Å². The van der Waals surface area contributed by atoms with Crippen LogP contribution in [0.5, 0.6) is 0 Å². The van der Waals surface area contributed by atoms with Gasteiger partial charge in [-0.05, 0) is 30.3 Å². The Morgan fingerprint density at radius 3 is 2.44 bits per heavy atom. The van der Waals surface area contributed by atoms with Crippen LogP contribution in [0.25, 0.3) is 17.1 Å². The second kappa shape index (κ2) is 10.9. The van der Waals surface area contributed by atoms with Crippen LogP contribution in [0.4, 0.5) is 0 Å². The van der Waals surface area contributed by atoms with Gasteiger partial charge in [0.2, 0.25) is 0 Å². The fraction of sp³-hybridized carbons (Fsp3) is 0.0417. The molecule has 1 aromatic heterocycles. The predicted octanol–water partition coefficient (Wildman–Crippen LogP) is 4.64. The largest absolute Gasteiger partial charge is 0.478 e. The second-order valence-electron chi connectivity index (χ2n) is 6.96. The van der Waals surface area contributed by atoms with Gasteiger partial charge >= 0.3 is 5.97 Å². The highest BCUT2D eigenvalue weighted by Crippen LogP contribution is 2.28. The van der Waals surface area contributed by atoms with E-state index in [1.165, 1.54) is 24.0 Å². The molecule has 0 spiro atoms. The molecule has 8 nitrogen and oxygen atoms in total. The second-order valence-corrected chi connectivity index (χ2v) is 8.82. The normalized spacial score (nSPS) is 11.0.